The fraction of sp³-hybridized carbons (Fsp3) is 0.643. The number of carbonyl (C=O) groups is 1. The first-order valence-electron chi connectivity index (χ1n) is 6.41. The Balaban J connectivity index is 2.09. The van der Waals surface area contributed by atoms with Gasteiger partial charge in [-0.15, -0.1) is 0 Å². The van der Waals surface area contributed by atoms with Crippen molar-refractivity contribution in [3.05, 3.63) is 22.4 Å². The Labute approximate surface area is 107 Å². The summed E-state index contributed by atoms with van der Waals surface area (Å²) < 4.78 is 0. The molecule has 0 aliphatic heterocycles. The van der Waals surface area contributed by atoms with Crippen LogP contribution in [0, 0.1) is 11.3 Å². The lowest BCUT2D eigenvalue weighted by atomic mass is 9.67. The normalized spacial score (nSPS) is 29.1. The molecule has 1 saturated carbocycles. The first-order chi connectivity index (χ1) is 8.16. The maximum Gasteiger partial charge on any atom is 0.309 e. The van der Waals surface area contributed by atoms with Gasteiger partial charge in [-0.1, -0.05) is 13.3 Å². The molecule has 1 aromatic rings. The third kappa shape index (κ3) is 2.71. The van der Waals surface area contributed by atoms with Crippen LogP contribution < -0.4 is 0 Å². The molecule has 1 aromatic heterocycles. The lowest BCUT2D eigenvalue weighted by molar-refractivity contribution is -0.151. The average Bonchev–Trinajstić information content (AvgIpc) is 2.82. The highest BCUT2D eigenvalue weighted by Crippen LogP contribution is 2.42. The van der Waals surface area contributed by atoms with E-state index in [0.717, 1.165) is 31.6 Å². The predicted molar refractivity (Wildman–Crippen MR) is 70.3 cm³/mol. The second-order valence-corrected chi connectivity index (χ2v) is 6.03. The molecule has 0 amide bonds. The van der Waals surface area contributed by atoms with Crippen LogP contribution in [0.3, 0.4) is 0 Å². The molecule has 0 spiro atoms. The summed E-state index contributed by atoms with van der Waals surface area (Å²) in [6.07, 6.45) is 5.74. The van der Waals surface area contributed by atoms with Crippen molar-refractivity contribution in [3.8, 4) is 0 Å². The van der Waals surface area contributed by atoms with Gasteiger partial charge in [0.2, 0.25) is 0 Å². The number of thiophene rings is 1. The SMILES string of the molecule is CCC1CCC(Cc2ccsc2)(C(=O)O)CC1. The standard InChI is InChI=1S/C14H20O2S/c1-2-11-3-6-14(7-4-11,13(15)16)9-12-5-8-17-10-12/h5,8,10-11H,2-4,6-7,9H2,1H3,(H,15,16). The molecule has 1 aliphatic rings. The Morgan fingerprint density at radius 1 is 1.53 bits per heavy atom. The average molecular weight is 252 g/mol. The van der Waals surface area contributed by atoms with Crippen molar-refractivity contribution in [2.75, 3.05) is 0 Å². The fourth-order valence-corrected chi connectivity index (χ4v) is 3.56. The van der Waals surface area contributed by atoms with Gasteiger partial charge in [0.1, 0.15) is 0 Å². The van der Waals surface area contributed by atoms with E-state index in [2.05, 4.69) is 18.4 Å². The van der Waals surface area contributed by atoms with Gasteiger partial charge >= 0.3 is 5.97 Å². The Hall–Kier alpha value is -0.830. The molecule has 94 valence electrons. The zero-order valence-corrected chi connectivity index (χ0v) is 11.1. The quantitative estimate of drug-likeness (QED) is 0.880. The van der Waals surface area contributed by atoms with E-state index in [9.17, 15) is 9.90 Å². The van der Waals surface area contributed by atoms with Crippen LogP contribution in [0.1, 0.15) is 44.6 Å². The van der Waals surface area contributed by atoms with Crippen molar-refractivity contribution in [1.29, 1.82) is 0 Å². The topological polar surface area (TPSA) is 37.3 Å². The van der Waals surface area contributed by atoms with Gasteiger partial charge in [0.25, 0.3) is 0 Å². The molecule has 2 rings (SSSR count). The Morgan fingerprint density at radius 2 is 2.24 bits per heavy atom. The van der Waals surface area contributed by atoms with Crippen LogP contribution in [0.15, 0.2) is 16.8 Å². The van der Waals surface area contributed by atoms with Crippen molar-refractivity contribution in [1.82, 2.24) is 0 Å². The maximum absolute atomic E-state index is 11.6. The van der Waals surface area contributed by atoms with Gasteiger partial charge in [-0.25, -0.2) is 0 Å². The number of hydrogen-bond acceptors (Lipinski definition) is 2. The van der Waals surface area contributed by atoms with Gasteiger partial charge in [0, 0.05) is 0 Å². The Bertz CT molecular complexity index is 362. The largest absolute Gasteiger partial charge is 0.481 e. The number of hydrogen-bond donors (Lipinski definition) is 1. The van der Waals surface area contributed by atoms with Crippen LogP contribution in [-0.2, 0) is 11.2 Å². The summed E-state index contributed by atoms with van der Waals surface area (Å²) >= 11 is 1.65. The Kier molecular flexibility index (Phi) is 3.87. The van der Waals surface area contributed by atoms with E-state index in [1.54, 1.807) is 11.3 Å². The first kappa shape index (κ1) is 12.6. The van der Waals surface area contributed by atoms with Crippen molar-refractivity contribution in [2.24, 2.45) is 11.3 Å². The van der Waals surface area contributed by atoms with Crippen LogP contribution in [0.2, 0.25) is 0 Å². The van der Waals surface area contributed by atoms with Crippen LogP contribution in [0.5, 0.6) is 0 Å². The molecule has 0 bridgehead atoms. The molecule has 1 fully saturated rings. The minimum Gasteiger partial charge on any atom is -0.481 e. The number of rotatable bonds is 4. The fourth-order valence-electron chi connectivity index (χ4n) is 2.89. The molecule has 1 N–H and O–H groups in total. The molecule has 1 heterocycles. The summed E-state index contributed by atoms with van der Waals surface area (Å²) in [6.45, 7) is 2.21. The van der Waals surface area contributed by atoms with Crippen molar-refractivity contribution in [3.63, 3.8) is 0 Å². The highest BCUT2D eigenvalue weighted by molar-refractivity contribution is 7.07. The third-order valence-electron chi connectivity index (χ3n) is 4.22. The first-order valence-corrected chi connectivity index (χ1v) is 7.35. The van der Waals surface area contributed by atoms with Gasteiger partial charge in [-0.05, 0) is 60.4 Å². The lowest BCUT2D eigenvalue weighted by Crippen LogP contribution is -2.37. The van der Waals surface area contributed by atoms with Crippen LogP contribution in [0.4, 0.5) is 0 Å². The monoisotopic (exact) mass is 252 g/mol. The van der Waals surface area contributed by atoms with E-state index in [0.29, 0.717) is 6.42 Å². The molecule has 3 heteroatoms. The molecule has 0 aromatic carbocycles. The molecule has 2 nitrogen and oxygen atoms in total. The molecule has 0 unspecified atom stereocenters. The Morgan fingerprint density at radius 3 is 2.71 bits per heavy atom. The minimum absolute atomic E-state index is 0.493. The van der Waals surface area contributed by atoms with Gasteiger partial charge in [0.15, 0.2) is 0 Å². The van der Waals surface area contributed by atoms with Crippen molar-refractivity contribution < 1.29 is 9.90 Å². The number of aliphatic carboxylic acids is 1. The van der Waals surface area contributed by atoms with E-state index in [1.165, 1.54) is 12.0 Å². The van der Waals surface area contributed by atoms with E-state index in [4.69, 9.17) is 0 Å². The summed E-state index contributed by atoms with van der Waals surface area (Å²) in [5.41, 5.74) is 0.694. The van der Waals surface area contributed by atoms with Crippen molar-refractivity contribution >= 4 is 17.3 Å². The molecule has 0 saturated heterocycles. The highest BCUT2D eigenvalue weighted by atomic mass is 32.1. The molecular weight excluding hydrogens is 232 g/mol. The smallest absolute Gasteiger partial charge is 0.309 e. The van der Waals surface area contributed by atoms with Gasteiger partial charge in [0.05, 0.1) is 5.41 Å². The van der Waals surface area contributed by atoms with Gasteiger partial charge in [-0.3, -0.25) is 4.79 Å². The predicted octanol–water partition coefficient (Wildman–Crippen LogP) is 3.96. The molecule has 0 radical (unpaired) electrons. The minimum atomic E-state index is -0.599. The van der Waals surface area contributed by atoms with E-state index >= 15 is 0 Å². The summed E-state index contributed by atoms with van der Waals surface area (Å²) in [5, 5.41) is 13.7. The highest BCUT2D eigenvalue weighted by Gasteiger charge is 2.41. The summed E-state index contributed by atoms with van der Waals surface area (Å²) in [6, 6.07) is 2.06. The second kappa shape index (κ2) is 5.21. The third-order valence-corrected chi connectivity index (χ3v) is 4.95. The van der Waals surface area contributed by atoms with E-state index in [-0.39, 0.29) is 0 Å². The van der Waals surface area contributed by atoms with E-state index < -0.39 is 11.4 Å². The molecule has 1 aliphatic carbocycles. The van der Waals surface area contributed by atoms with Gasteiger partial charge in [-0.2, -0.15) is 11.3 Å². The lowest BCUT2D eigenvalue weighted by Gasteiger charge is -2.36. The van der Waals surface area contributed by atoms with E-state index in [1.807, 2.05) is 5.38 Å². The van der Waals surface area contributed by atoms with Crippen LogP contribution >= 0.6 is 11.3 Å². The van der Waals surface area contributed by atoms with Crippen LogP contribution in [0.25, 0.3) is 0 Å². The number of carboxylic acid groups (broad SMARTS) is 1. The molecule has 17 heavy (non-hydrogen) atoms. The van der Waals surface area contributed by atoms with Gasteiger partial charge < -0.3 is 5.11 Å². The summed E-state index contributed by atoms with van der Waals surface area (Å²) in [7, 11) is 0. The summed E-state index contributed by atoms with van der Waals surface area (Å²) in [4.78, 5) is 11.6. The second-order valence-electron chi connectivity index (χ2n) is 5.25. The van der Waals surface area contributed by atoms with Crippen LogP contribution in [-0.4, -0.2) is 11.1 Å². The molecular formula is C14H20O2S. The van der Waals surface area contributed by atoms with Crippen molar-refractivity contribution in [2.45, 2.75) is 45.4 Å². The zero-order chi connectivity index (χ0) is 12.3. The zero-order valence-electron chi connectivity index (χ0n) is 10.3. The molecule has 0 atom stereocenters. The summed E-state index contributed by atoms with van der Waals surface area (Å²) in [5.74, 6) is 0.142. The maximum atomic E-state index is 11.6. The number of carboxylic acids is 1.